The molecule has 0 bridgehead atoms. The van der Waals surface area contributed by atoms with Gasteiger partial charge in [-0.15, -0.1) is 5.06 Å². The van der Waals surface area contributed by atoms with Crippen molar-refractivity contribution in [2.45, 2.75) is 38.3 Å². The zero-order valence-corrected chi connectivity index (χ0v) is 28.3. The second-order valence-electron chi connectivity index (χ2n) is 11.7. The van der Waals surface area contributed by atoms with Crippen LogP contribution in [0.25, 0.3) is 11.4 Å². The number of anilines is 1. The third-order valence-electron chi connectivity index (χ3n) is 8.35. The Morgan fingerprint density at radius 2 is 1.78 bits per heavy atom. The topological polar surface area (TPSA) is 184 Å². The van der Waals surface area contributed by atoms with E-state index in [0.29, 0.717) is 36.7 Å². The molecular weight excluding hydrogens is 655 g/mol. The maximum absolute atomic E-state index is 14.1. The third-order valence-corrected chi connectivity index (χ3v) is 9.82. The Hall–Kier alpha value is -4.40. The molecule has 2 amide bonds. The van der Waals surface area contributed by atoms with E-state index in [1.54, 1.807) is 19.2 Å². The molecule has 49 heavy (non-hydrogen) atoms. The number of benzene rings is 2. The number of methoxy groups -OCH3 is 1. The molecule has 2 aromatic carbocycles. The number of rotatable bonds is 13. The number of carbonyl (C=O) groups is 3. The van der Waals surface area contributed by atoms with Crippen molar-refractivity contribution in [1.82, 2.24) is 25.2 Å². The number of unbranched alkanes of at least 4 members (excludes halogenated alkanes) is 1. The number of hydrogen-bond donors (Lipinski definition) is 3. The molecule has 5 rings (SSSR count). The highest BCUT2D eigenvalue weighted by atomic mass is 31.2. The summed E-state index contributed by atoms with van der Waals surface area (Å²) in [5, 5.41) is 13.0. The molecule has 0 radical (unpaired) electrons. The molecule has 2 unspecified atom stereocenters. The molecule has 3 N–H and O–H groups in total. The number of carbonyl (C=O) groups excluding carboxylic acids is 2. The summed E-state index contributed by atoms with van der Waals surface area (Å²) >= 11 is 0. The average Bonchev–Trinajstić information content (AvgIpc) is 3.60. The van der Waals surface area contributed by atoms with Gasteiger partial charge in [0.1, 0.15) is 17.6 Å². The molecule has 3 heterocycles. The Bertz CT molecular complexity index is 1670. The van der Waals surface area contributed by atoms with E-state index in [0.717, 1.165) is 12.8 Å². The monoisotopic (exact) mass is 696 g/mol. The van der Waals surface area contributed by atoms with Crippen LogP contribution in [0.3, 0.4) is 0 Å². The van der Waals surface area contributed by atoms with Gasteiger partial charge >= 0.3 is 13.8 Å². The summed E-state index contributed by atoms with van der Waals surface area (Å²) in [5.41, 5.74) is 0.979. The van der Waals surface area contributed by atoms with Crippen molar-refractivity contribution >= 4 is 36.7 Å². The van der Waals surface area contributed by atoms with Crippen molar-refractivity contribution in [3.63, 3.8) is 0 Å². The second-order valence-corrected chi connectivity index (χ2v) is 13.5. The van der Waals surface area contributed by atoms with Crippen LogP contribution < -0.4 is 15.5 Å². The molecule has 2 aliphatic rings. The minimum absolute atomic E-state index is 0.0107. The number of aromatic nitrogens is 2. The molecule has 15 nitrogen and oxygen atoms in total. The summed E-state index contributed by atoms with van der Waals surface area (Å²) in [6.45, 7) is 3.72. The first kappa shape index (κ1) is 35.9. The normalized spacial score (nSPS) is 18.5. The Morgan fingerprint density at radius 3 is 2.45 bits per heavy atom. The lowest BCUT2D eigenvalue weighted by Crippen LogP contribution is -2.52. The van der Waals surface area contributed by atoms with E-state index >= 15 is 0 Å². The summed E-state index contributed by atoms with van der Waals surface area (Å²) < 4.78 is 24.0. The van der Waals surface area contributed by atoms with E-state index in [1.165, 1.54) is 28.2 Å². The van der Waals surface area contributed by atoms with Crippen LogP contribution in [0.15, 0.2) is 60.7 Å². The molecule has 3 atom stereocenters. The van der Waals surface area contributed by atoms with Crippen molar-refractivity contribution in [2.75, 3.05) is 57.9 Å². The first-order valence-corrected chi connectivity index (χ1v) is 17.7. The highest BCUT2D eigenvalue weighted by Crippen LogP contribution is 2.41. The molecule has 3 aromatic rings. The average molecular weight is 697 g/mol. The predicted molar refractivity (Wildman–Crippen MR) is 179 cm³/mol. The summed E-state index contributed by atoms with van der Waals surface area (Å²) in [6.07, 6.45) is 0.708. The number of hydrogen-bond acceptors (Lipinski definition) is 11. The number of nitrogens with zero attached hydrogens (tertiary/aromatic N) is 5. The van der Waals surface area contributed by atoms with Crippen LogP contribution in [0.1, 0.15) is 48.3 Å². The maximum atomic E-state index is 14.1. The molecule has 0 spiro atoms. The molecular formula is C33H41N6O9P. The van der Waals surface area contributed by atoms with E-state index in [1.807, 2.05) is 42.2 Å². The zero-order valence-electron chi connectivity index (χ0n) is 27.4. The molecule has 2 fully saturated rings. The summed E-state index contributed by atoms with van der Waals surface area (Å²) in [7, 11) is -2.58. The number of ether oxygens (including phenoxy) is 1. The fourth-order valence-electron chi connectivity index (χ4n) is 5.63. The molecule has 2 aliphatic heterocycles. The van der Waals surface area contributed by atoms with Crippen LogP contribution in [0, 0.1) is 0 Å². The van der Waals surface area contributed by atoms with E-state index in [4.69, 9.17) is 24.2 Å². The van der Waals surface area contributed by atoms with E-state index in [9.17, 15) is 23.8 Å². The maximum Gasteiger partial charge on any atom is 0.525 e. The Labute approximate surface area is 284 Å². The van der Waals surface area contributed by atoms with Crippen molar-refractivity contribution in [3.05, 3.63) is 71.9 Å². The van der Waals surface area contributed by atoms with Gasteiger partial charge in [0.15, 0.2) is 5.82 Å². The highest BCUT2D eigenvalue weighted by Gasteiger charge is 2.34. The molecule has 16 heteroatoms. The Balaban J connectivity index is 1.48. The van der Waals surface area contributed by atoms with Crippen molar-refractivity contribution < 1.29 is 43.0 Å². The van der Waals surface area contributed by atoms with Gasteiger partial charge in [0.25, 0.3) is 5.91 Å². The van der Waals surface area contributed by atoms with Crippen LogP contribution in [0.2, 0.25) is 0 Å². The largest absolute Gasteiger partial charge is 0.525 e. The molecule has 0 aliphatic carbocycles. The van der Waals surface area contributed by atoms with Crippen molar-refractivity contribution in [3.8, 4) is 11.4 Å². The van der Waals surface area contributed by atoms with Gasteiger partial charge in [-0.3, -0.25) is 14.2 Å². The number of nitrogens with one attached hydrogen (secondary N) is 1. The lowest BCUT2D eigenvalue weighted by Gasteiger charge is -2.35. The lowest BCUT2D eigenvalue weighted by molar-refractivity contribution is -0.154. The number of hydroxylamine groups is 2. The summed E-state index contributed by atoms with van der Waals surface area (Å²) in [5.74, 6) is -0.302. The van der Waals surface area contributed by atoms with Gasteiger partial charge in [-0.1, -0.05) is 55.8 Å². The smallest absolute Gasteiger partial charge is 0.448 e. The SMILES string of the molecule is CCCCOP(=O)(O)c1cccc(C(NC(=O)c2cc(N3CC[C@H](OC)C3)nc(-c3ccccc3)n2)C(=O)N2CCN(OC(=O)O)CC2)c1. The molecule has 0 saturated carbocycles. The van der Waals surface area contributed by atoms with Gasteiger partial charge in [0.2, 0.25) is 5.91 Å². The van der Waals surface area contributed by atoms with Crippen LogP contribution in [-0.2, 0) is 23.5 Å². The predicted octanol–water partition coefficient (Wildman–Crippen LogP) is 3.22. The van der Waals surface area contributed by atoms with E-state index < -0.39 is 31.6 Å². The quantitative estimate of drug-likeness (QED) is 0.175. The van der Waals surface area contributed by atoms with Crippen LogP contribution in [0.5, 0.6) is 0 Å². The summed E-state index contributed by atoms with van der Waals surface area (Å²) in [6, 6.07) is 15.4. The first-order valence-electron chi connectivity index (χ1n) is 16.1. The summed E-state index contributed by atoms with van der Waals surface area (Å²) in [4.78, 5) is 67.5. The highest BCUT2D eigenvalue weighted by molar-refractivity contribution is 7.61. The zero-order chi connectivity index (χ0) is 35.0. The van der Waals surface area contributed by atoms with Gasteiger partial charge in [0, 0.05) is 44.9 Å². The Kier molecular flexibility index (Phi) is 12.0. The number of amides is 2. The Morgan fingerprint density at radius 1 is 1.02 bits per heavy atom. The lowest BCUT2D eigenvalue weighted by atomic mass is 10.0. The molecule has 262 valence electrons. The second kappa shape index (κ2) is 16.3. The standard InChI is InChI=1S/C33H41N6O9P/c1-3-4-19-47-49(44,45)26-12-8-11-24(20-26)29(32(41)37-15-17-39(18-16-37)48-33(42)43)36-31(40)27-21-28(38-14-13-25(22-38)46-2)35-30(34-27)23-9-6-5-7-10-23/h5-12,20-21,25,29H,3-4,13-19,22H2,1-2H3,(H,36,40)(H,42,43)(H,44,45)/t25-,29?/m0/s1. The van der Waals surface area contributed by atoms with Crippen LogP contribution in [-0.4, -0.2) is 107 Å². The first-order chi connectivity index (χ1) is 23.6. The molecule has 2 saturated heterocycles. The number of carboxylic acid groups (broad SMARTS) is 1. The van der Waals surface area contributed by atoms with E-state index in [2.05, 4.69) is 10.3 Å². The number of piperazine rings is 1. The fourth-order valence-corrected chi connectivity index (χ4v) is 6.74. The van der Waals surface area contributed by atoms with Gasteiger partial charge in [-0.2, -0.15) is 0 Å². The van der Waals surface area contributed by atoms with Crippen LogP contribution in [0.4, 0.5) is 10.6 Å². The fraction of sp³-hybridized carbons (Fsp3) is 0.424. The minimum atomic E-state index is -4.24. The third kappa shape index (κ3) is 9.19. The van der Waals surface area contributed by atoms with Crippen molar-refractivity contribution in [1.29, 1.82) is 0 Å². The molecule has 1 aromatic heterocycles. The van der Waals surface area contributed by atoms with E-state index in [-0.39, 0.29) is 55.5 Å². The van der Waals surface area contributed by atoms with Crippen LogP contribution >= 0.6 is 7.60 Å². The van der Waals surface area contributed by atoms with Gasteiger partial charge in [-0.05, 0) is 30.5 Å². The van der Waals surface area contributed by atoms with Gasteiger partial charge < -0.3 is 39.2 Å². The van der Waals surface area contributed by atoms with Gasteiger partial charge in [0.05, 0.1) is 31.1 Å². The van der Waals surface area contributed by atoms with Crippen molar-refractivity contribution in [2.24, 2.45) is 0 Å². The van der Waals surface area contributed by atoms with Gasteiger partial charge in [-0.25, -0.2) is 14.8 Å². The minimum Gasteiger partial charge on any atom is -0.448 e.